The third-order valence-corrected chi connectivity index (χ3v) is 6.44. The number of aromatic nitrogens is 1. The molecule has 2 aliphatic heterocycles. The molecule has 1 spiro atoms. The summed E-state index contributed by atoms with van der Waals surface area (Å²) in [5.41, 5.74) is 0.242. The molecule has 3 heterocycles. The van der Waals surface area contributed by atoms with Crippen molar-refractivity contribution in [2.24, 2.45) is 5.41 Å². The Balaban J connectivity index is 1.52. The highest BCUT2D eigenvalue weighted by molar-refractivity contribution is 5.86. The van der Waals surface area contributed by atoms with E-state index in [-0.39, 0.29) is 23.5 Å². The second-order valence-electron chi connectivity index (χ2n) is 8.00. The molecule has 3 aliphatic rings. The van der Waals surface area contributed by atoms with Gasteiger partial charge in [-0.15, -0.1) is 0 Å². The van der Waals surface area contributed by atoms with Crippen LogP contribution in [0.25, 0.3) is 0 Å². The predicted molar refractivity (Wildman–Crippen MR) is 97.4 cm³/mol. The average Bonchev–Trinajstić information content (AvgIpc) is 2.98. The van der Waals surface area contributed by atoms with Gasteiger partial charge in [-0.1, -0.05) is 0 Å². The minimum atomic E-state index is -0.335. The van der Waals surface area contributed by atoms with Crippen molar-refractivity contribution < 1.29 is 9.90 Å². The van der Waals surface area contributed by atoms with E-state index in [9.17, 15) is 15.2 Å². The van der Waals surface area contributed by atoms with E-state index in [4.69, 9.17) is 0 Å². The zero-order valence-electron chi connectivity index (χ0n) is 15.1. The molecule has 0 bridgehead atoms. The number of aliphatic hydroxyl groups excluding tert-OH is 1. The van der Waals surface area contributed by atoms with Crippen LogP contribution >= 0.6 is 0 Å². The summed E-state index contributed by atoms with van der Waals surface area (Å²) in [5, 5.41) is 19.1. The minimum Gasteiger partial charge on any atom is -0.393 e. The maximum atomic E-state index is 13.3. The van der Waals surface area contributed by atoms with Crippen LogP contribution in [-0.2, 0) is 4.79 Å². The number of piperidine rings is 1. The number of rotatable bonds is 2. The molecule has 138 valence electrons. The van der Waals surface area contributed by atoms with Crippen molar-refractivity contribution in [2.75, 3.05) is 24.5 Å². The second kappa shape index (κ2) is 6.88. The molecule has 6 nitrogen and oxygen atoms in total. The highest BCUT2D eigenvalue weighted by Crippen LogP contribution is 2.43. The van der Waals surface area contributed by atoms with Gasteiger partial charge in [-0.3, -0.25) is 4.79 Å². The monoisotopic (exact) mass is 354 g/mol. The Bertz CT molecular complexity index is 723. The zero-order valence-corrected chi connectivity index (χ0v) is 15.1. The molecule has 0 aromatic carbocycles. The lowest BCUT2D eigenvalue weighted by atomic mass is 9.78. The van der Waals surface area contributed by atoms with Gasteiger partial charge in [-0.05, 0) is 57.1 Å². The van der Waals surface area contributed by atoms with E-state index in [1.165, 1.54) is 0 Å². The van der Waals surface area contributed by atoms with E-state index in [2.05, 4.69) is 20.9 Å². The standard InChI is InChI=1S/C20H26N4O2/c21-13-15-3-1-10-22-18(15)23-11-2-8-20(14-23)9-12-24(19(20)26)16-4-6-17(25)7-5-16/h1,3,10,16-17,25H,2,4-9,11-12,14H2/t16-,17+,20-/m0/s1. The number of anilines is 1. The summed E-state index contributed by atoms with van der Waals surface area (Å²) in [6.45, 7) is 2.32. The molecule has 1 aromatic heterocycles. The zero-order chi connectivity index (χ0) is 18.1. The van der Waals surface area contributed by atoms with Crippen LogP contribution in [0.2, 0.25) is 0 Å². The maximum Gasteiger partial charge on any atom is 0.230 e. The van der Waals surface area contributed by atoms with Gasteiger partial charge in [-0.25, -0.2) is 4.98 Å². The van der Waals surface area contributed by atoms with E-state index in [0.717, 1.165) is 58.0 Å². The molecule has 1 aliphatic carbocycles. The fraction of sp³-hybridized carbons (Fsp3) is 0.650. The normalized spacial score (nSPS) is 32.1. The van der Waals surface area contributed by atoms with Gasteiger partial charge in [0.05, 0.1) is 17.1 Å². The lowest BCUT2D eigenvalue weighted by Crippen LogP contribution is -2.50. The number of carbonyl (C=O) groups excluding carboxylic acids is 1. The van der Waals surface area contributed by atoms with Crippen LogP contribution in [0.1, 0.15) is 50.5 Å². The van der Waals surface area contributed by atoms with Gasteiger partial charge >= 0.3 is 0 Å². The molecule has 1 N–H and O–H groups in total. The van der Waals surface area contributed by atoms with E-state index < -0.39 is 0 Å². The number of carbonyl (C=O) groups is 1. The van der Waals surface area contributed by atoms with Crippen LogP contribution in [0.4, 0.5) is 5.82 Å². The summed E-state index contributed by atoms with van der Waals surface area (Å²) >= 11 is 0. The number of hydrogen-bond acceptors (Lipinski definition) is 5. The number of nitrogens with zero attached hydrogens (tertiary/aromatic N) is 4. The minimum absolute atomic E-state index is 0.198. The van der Waals surface area contributed by atoms with Crippen molar-refractivity contribution in [3.8, 4) is 6.07 Å². The van der Waals surface area contributed by atoms with Crippen LogP contribution in [0.3, 0.4) is 0 Å². The Labute approximate surface area is 154 Å². The first-order valence-electron chi connectivity index (χ1n) is 9.72. The molecule has 1 saturated carbocycles. The number of hydrogen-bond donors (Lipinski definition) is 1. The van der Waals surface area contributed by atoms with Crippen molar-refractivity contribution in [1.29, 1.82) is 5.26 Å². The van der Waals surface area contributed by atoms with Crippen LogP contribution in [-0.4, -0.2) is 52.7 Å². The highest BCUT2D eigenvalue weighted by atomic mass is 16.3. The van der Waals surface area contributed by atoms with Crippen LogP contribution < -0.4 is 4.90 Å². The second-order valence-corrected chi connectivity index (χ2v) is 8.00. The Morgan fingerprint density at radius 3 is 2.81 bits per heavy atom. The summed E-state index contributed by atoms with van der Waals surface area (Å²) in [6, 6.07) is 6.08. The van der Waals surface area contributed by atoms with E-state index in [0.29, 0.717) is 17.9 Å². The summed E-state index contributed by atoms with van der Waals surface area (Å²) in [5.74, 6) is 0.985. The number of pyridine rings is 1. The van der Waals surface area contributed by atoms with Crippen LogP contribution in [0.15, 0.2) is 18.3 Å². The molecular formula is C20H26N4O2. The van der Waals surface area contributed by atoms with Gasteiger partial charge in [0, 0.05) is 31.9 Å². The smallest absolute Gasteiger partial charge is 0.230 e. The largest absolute Gasteiger partial charge is 0.393 e. The molecule has 1 amide bonds. The highest BCUT2D eigenvalue weighted by Gasteiger charge is 2.50. The summed E-state index contributed by atoms with van der Waals surface area (Å²) in [4.78, 5) is 22.0. The molecule has 1 aromatic rings. The Morgan fingerprint density at radius 1 is 1.23 bits per heavy atom. The summed E-state index contributed by atoms with van der Waals surface area (Å²) in [6.07, 6.45) is 7.69. The molecular weight excluding hydrogens is 328 g/mol. The Kier molecular flexibility index (Phi) is 4.58. The SMILES string of the molecule is N#Cc1cccnc1N1CCC[C@]2(CCN([C@H]3CC[C@@H](O)CC3)C2=O)C1. The fourth-order valence-electron chi connectivity index (χ4n) is 4.99. The number of amides is 1. The molecule has 6 heteroatoms. The number of likely N-dealkylation sites (tertiary alicyclic amines) is 1. The van der Waals surface area contributed by atoms with E-state index >= 15 is 0 Å². The molecule has 0 radical (unpaired) electrons. The fourth-order valence-corrected chi connectivity index (χ4v) is 4.99. The molecule has 26 heavy (non-hydrogen) atoms. The Hall–Kier alpha value is -2.13. The third-order valence-electron chi connectivity index (χ3n) is 6.44. The van der Waals surface area contributed by atoms with E-state index in [1.807, 2.05) is 0 Å². The molecule has 2 saturated heterocycles. The van der Waals surface area contributed by atoms with Gasteiger partial charge in [-0.2, -0.15) is 5.26 Å². The van der Waals surface area contributed by atoms with Crippen molar-refractivity contribution in [3.05, 3.63) is 23.9 Å². The predicted octanol–water partition coefficient (Wildman–Crippen LogP) is 2.08. The third kappa shape index (κ3) is 2.95. The quantitative estimate of drug-likeness (QED) is 0.879. The van der Waals surface area contributed by atoms with Crippen molar-refractivity contribution >= 4 is 11.7 Å². The topological polar surface area (TPSA) is 80.5 Å². The average molecular weight is 354 g/mol. The first-order chi connectivity index (χ1) is 12.6. The molecule has 4 rings (SSSR count). The van der Waals surface area contributed by atoms with Crippen LogP contribution in [0, 0.1) is 16.7 Å². The van der Waals surface area contributed by atoms with Crippen molar-refractivity contribution in [1.82, 2.24) is 9.88 Å². The summed E-state index contributed by atoms with van der Waals surface area (Å²) < 4.78 is 0. The van der Waals surface area contributed by atoms with Gasteiger partial charge in [0.15, 0.2) is 0 Å². The molecule has 3 fully saturated rings. The maximum absolute atomic E-state index is 13.3. The number of nitriles is 1. The van der Waals surface area contributed by atoms with Crippen LogP contribution in [0.5, 0.6) is 0 Å². The van der Waals surface area contributed by atoms with Crippen molar-refractivity contribution in [2.45, 2.75) is 57.1 Å². The van der Waals surface area contributed by atoms with Gasteiger partial charge in [0.25, 0.3) is 0 Å². The number of aliphatic hydroxyl groups is 1. The Morgan fingerprint density at radius 2 is 2.04 bits per heavy atom. The lowest BCUT2D eigenvalue weighted by Gasteiger charge is -2.41. The first-order valence-corrected chi connectivity index (χ1v) is 9.72. The summed E-state index contributed by atoms with van der Waals surface area (Å²) in [7, 11) is 0. The van der Waals surface area contributed by atoms with Gasteiger partial charge in [0.1, 0.15) is 11.9 Å². The van der Waals surface area contributed by atoms with Gasteiger partial charge < -0.3 is 14.9 Å². The van der Waals surface area contributed by atoms with E-state index in [1.54, 1.807) is 18.3 Å². The first kappa shape index (κ1) is 17.3. The lowest BCUT2D eigenvalue weighted by molar-refractivity contribution is -0.139. The molecule has 0 unspecified atom stereocenters. The molecule has 1 atom stereocenters. The van der Waals surface area contributed by atoms with Crippen molar-refractivity contribution in [3.63, 3.8) is 0 Å². The van der Waals surface area contributed by atoms with Gasteiger partial charge in [0.2, 0.25) is 5.91 Å².